The number of aromatic nitrogens is 2. The summed E-state index contributed by atoms with van der Waals surface area (Å²) in [4.78, 5) is 4.71. The average molecular weight is 355 g/mol. The Morgan fingerprint density at radius 3 is 2.32 bits per heavy atom. The zero-order valence-corrected chi connectivity index (χ0v) is 14.9. The van der Waals surface area contributed by atoms with Gasteiger partial charge in [0.1, 0.15) is 5.82 Å². The molecule has 0 amide bonds. The molecule has 0 radical (unpaired) electrons. The van der Waals surface area contributed by atoms with Crippen LogP contribution in [0.1, 0.15) is 17.1 Å². The molecule has 5 nitrogen and oxygen atoms in total. The molecule has 3 rings (SSSR count). The Morgan fingerprint density at radius 2 is 1.64 bits per heavy atom. The molecule has 0 aliphatic rings. The van der Waals surface area contributed by atoms with Crippen molar-refractivity contribution in [1.82, 2.24) is 14.3 Å². The van der Waals surface area contributed by atoms with E-state index in [1.54, 1.807) is 30.3 Å². The van der Waals surface area contributed by atoms with E-state index in [1.165, 1.54) is 5.56 Å². The van der Waals surface area contributed by atoms with Crippen molar-refractivity contribution in [3.8, 4) is 0 Å². The van der Waals surface area contributed by atoms with Crippen molar-refractivity contribution in [3.63, 3.8) is 0 Å². The van der Waals surface area contributed by atoms with Crippen LogP contribution in [0.2, 0.25) is 0 Å². The molecule has 25 heavy (non-hydrogen) atoms. The van der Waals surface area contributed by atoms with Gasteiger partial charge in [-0.2, -0.15) is 0 Å². The van der Waals surface area contributed by atoms with Crippen LogP contribution in [0.15, 0.2) is 71.8 Å². The first-order chi connectivity index (χ1) is 12.1. The monoisotopic (exact) mass is 355 g/mol. The van der Waals surface area contributed by atoms with E-state index in [2.05, 4.69) is 26.4 Å². The van der Waals surface area contributed by atoms with Gasteiger partial charge in [-0.05, 0) is 24.6 Å². The van der Waals surface area contributed by atoms with Crippen LogP contribution < -0.4 is 4.72 Å². The zero-order chi connectivity index (χ0) is 17.7. The lowest BCUT2D eigenvalue weighted by Gasteiger charge is -2.11. The minimum absolute atomic E-state index is 0.277. The second-order valence-electron chi connectivity index (χ2n) is 5.85. The van der Waals surface area contributed by atoms with E-state index < -0.39 is 10.0 Å². The molecule has 1 N–H and O–H groups in total. The third-order valence-electron chi connectivity index (χ3n) is 4.02. The average Bonchev–Trinajstić information content (AvgIpc) is 2.97. The van der Waals surface area contributed by atoms with Crippen molar-refractivity contribution < 1.29 is 8.42 Å². The fraction of sp³-hybridized carbons (Fsp3) is 0.211. The SMILES string of the molecule is Cc1cnc(CCNS(=O)(=O)c2ccccc2)n1Cc1ccccc1. The lowest BCUT2D eigenvalue weighted by Crippen LogP contribution is -2.26. The Balaban J connectivity index is 1.66. The van der Waals surface area contributed by atoms with Crippen molar-refractivity contribution >= 4 is 10.0 Å². The van der Waals surface area contributed by atoms with Crippen molar-refractivity contribution in [2.45, 2.75) is 24.8 Å². The molecular formula is C19H21N3O2S. The molecule has 3 aromatic rings. The van der Waals surface area contributed by atoms with Crippen molar-refractivity contribution in [1.29, 1.82) is 0 Å². The fourth-order valence-electron chi connectivity index (χ4n) is 2.67. The Bertz CT molecular complexity index is 920. The summed E-state index contributed by atoms with van der Waals surface area (Å²) in [7, 11) is -3.48. The van der Waals surface area contributed by atoms with Crippen LogP contribution in [0.4, 0.5) is 0 Å². The predicted molar refractivity (Wildman–Crippen MR) is 97.8 cm³/mol. The Labute approximate surface area is 148 Å². The minimum Gasteiger partial charge on any atom is -0.328 e. The van der Waals surface area contributed by atoms with Gasteiger partial charge in [0, 0.05) is 31.4 Å². The Morgan fingerprint density at radius 1 is 1.00 bits per heavy atom. The highest BCUT2D eigenvalue weighted by atomic mass is 32.2. The normalized spacial score (nSPS) is 11.6. The van der Waals surface area contributed by atoms with E-state index in [1.807, 2.05) is 31.3 Å². The molecule has 0 atom stereocenters. The van der Waals surface area contributed by atoms with Crippen LogP contribution in [0.3, 0.4) is 0 Å². The third-order valence-corrected chi connectivity index (χ3v) is 5.49. The van der Waals surface area contributed by atoms with Gasteiger partial charge in [-0.3, -0.25) is 0 Å². The number of benzene rings is 2. The minimum atomic E-state index is -3.48. The number of imidazole rings is 1. The lowest BCUT2D eigenvalue weighted by atomic mass is 10.2. The molecular weight excluding hydrogens is 334 g/mol. The number of hydrogen-bond donors (Lipinski definition) is 1. The molecule has 0 aliphatic carbocycles. The molecule has 0 bridgehead atoms. The van der Waals surface area contributed by atoms with Crippen LogP contribution in [0.25, 0.3) is 0 Å². The third kappa shape index (κ3) is 4.35. The second kappa shape index (κ2) is 7.63. The smallest absolute Gasteiger partial charge is 0.240 e. The number of sulfonamides is 1. The summed E-state index contributed by atoms with van der Waals surface area (Å²) >= 11 is 0. The number of rotatable bonds is 7. The molecule has 0 fully saturated rings. The number of nitrogens with zero attached hydrogens (tertiary/aromatic N) is 2. The predicted octanol–water partition coefficient (Wildman–Crippen LogP) is 2.76. The van der Waals surface area contributed by atoms with Gasteiger partial charge in [0.2, 0.25) is 10.0 Å². The summed E-state index contributed by atoms with van der Waals surface area (Å²) in [5.41, 5.74) is 2.25. The summed E-state index contributed by atoms with van der Waals surface area (Å²) in [6, 6.07) is 18.5. The molecule has 130 valence electrons. The first kappa shape index (κ1) is 17.4. The Hall–Kier alpha value is -2.44. The van der Waals surface area contributed by atoms with E-state index in [9.17, 15) is 8.42 Å². The van der Waals surface area contributed by atoms with Crippen LogP contribution in [-0.4, -0.2) is 24.5 Å². The maximum absolute atomic E-state index is 12.3. The maximum atomic E-state index is 12.3. The topological polar surface area (TPSA) is 64.0 Å². The summed E-state index contributed by atoms with van der Waals surface area (Å²) in [5.74, 6) is 0.872. The number of aryl methyl sites for hydroxylation is 1. The molecule has 2 aromatic carbocycles. The molecule has 0 aliphatic heterocycles. The zero-order valence-electron chi connectivity index (χ0n) is 14.1. The largest absolute Gasteiger partial charge is 0.328 e. The van der Waals surface area contributed by atoms with E-state index in [-0.39, 0.29) is 4.90 Å². The van der Waals surface area contributed by atoms with Gasteiger partial charge in [-0.25, -0.2) is 18.1 Å². The molecule has 1 heterocycles. The van der Waals surface area contributed by atoms with Gasteiger partial charge in [0.15, 0.2) is 0 Å². The maximum Gasteiger partial charge on any atom is 0.240 e. The van der Waals surface area contributed by atoms with Crippen LogP contribution in [-0.2, 0) is 23.0 Å². The van der Waals surface area contributed by atoms with Gasteiger partial charge in [0.25, 0.3) is 0 Å². The molecule has 0 unspecified atom stereocenters. The quantitative estimate of drug-likeness (QED) is 0.709. The van der Waals surface area contributed by atoms with Gasteiger partial charge in [0.05, 0.1) is 4.90 Å². The fourth-order valence-corrected chi connectivity index (χ4v) is 3.73. The molecule has 0 saturated heterocycles. The van der Waals surface area contributed by atoms with E-state index in [0.717, 1.165) is 18.1 Å². The highest BCUT2D eigenvalue weighted by Crippen LogP contribution is 2.11. The molecule has 0 saturated carbocycles. The van der Waals surface area contributed by atoms with E-state index in [0.29, 0.717) is 13.0 Å². The number of nitrogens with one attached hydrogen (secondary N) is 1. The van der Waals surface area contributed by atoms with Gasteiger partial charge in [-0.15, -0.1) is 0 Å². The van der Waals surface area contributed by atoms with Crippen molar-refractivity contribution in [3.05, 3.63) is 83.9 Å². The summed E-state index contributed by atoms with van der Waals surface area (Å²) in [6.45, 7) is 3.05. The summed E-state index contributed by atoms with van der Waals surface area (Å²) in [5, 5.41) is 0. The van der Waals surface area contributed by atoms with Crippen LogP contribution in [0, 0.1) is 6.92 Å². The van der Waals surface area contributed by atoms with E-state index >= 15 is 0 Å². The van der Waals surface area contributed by atoms with Crippen LogP contribution in [0.5, 0.6) is 0 Å². The summed E-state index contributed by atoms with van der Waals surface area (Å²) in [6.07, 6.45) is 2.36. The van der Waals surface area contributed by atoms with E-state index in [4.69, 9.17) is 0 Å². The first-order valence-corrected chi connectivity index (χ1v) is 9.64. The van der Waals surface area contributed by atoms with Gasteiger partial charge >= 0.3 is 0 Å². The van der Waals surface area contributed by atoms with Gasteiger partial charge in [-0.1, -0.05) is 48.5 Å². The first-order valence-electron chi connectivity index (χ1n) is 8.16. The highest BCUT2D eigenvalue weighted by Gasteiger charge is 2.14. The summed E-state index contributed by atoms with van der Waals surface area (Å²) < 4.78 is 29.3. The lowest BCUT2D eigenvalue weighted by molar-refractivity contribution is 0.579. The number of hydrogen-bond acceptors (Lipinski definition) is 3. The highest BCUT2D eigenvalue weighted by molar-refractivity contribution is 7.89. The van der Waals surface area contributed by atoms with Crippen LogP contribution >= 0.6 is 0 Å². The van der Waals surface area contributed by atoms with Crippen molar-refractivity contribution in [2.24, 2.45) is 0 Å². The molecule has 6 heteroatoms. The second-order valence-corrected chi connectivity index (χ2v) is 7.62. The van der Waals surface area contributed by atoms with Crippen molar-refractivity contribution in [2.75, 3.05) is 6.54 Å². The Kier molecular flexibility index (Phi) is 5.31. The molecule has 1 aromatic heterocycles. The molecule has 0 spiro atoms. The standard InChI is InChI=1S/C19H21N3O2S/c1-16-14-20-19(22(16)15-17-8-4-2-5-9-17)12-13-21-25(23,24)18-10-6-3-7-11-18/h2-11,14,21H,12-13,15H2,1H3. The van der Waals surface area contributed by atoms with Gasteiger partial charge < -0.3 is 4.57 Å².